The predicted octanol–water partition coefficient (Wildman–Crippen LogP) is 2.36. The van der Waals surface area contributed by atoms with Gasteiger partial charge in [0.05, 0.1) is 19.4 Å². The van der Waals surface area contributed by atoms with E-state index in [1.165, 1.54) is 7.11 Å². The monoisotopic (exact) mass is 407 g/mol. The number of aliphatic hydroxyl groups is 1. The highest BCUT2D eigenvalue weighted by molar-refractivity contribution is 7.57. The van der Waals surface area contributed by atoms with E-state index in [1.807, 2.05) is 18.2 Å². The fourth-order valence-electron chi connectivity index (χ4n) is 2.91. The summed E-state index contributed by atoms with van der Waals surface area (Å²) >= 11 is 0. The van der Waals surface area contributed by atoms with E-state index in [2.05, 4.69) is 5.32 Å². The molecule has 28 heavy (non-hydrogen) atoms. The SMILES string of the molecule is COc1ccc(CCNC[C@@H](O)CP(=O)(O)Cc2ccccc2)cc1C(=O)O. The van der Waals surface area contributed by atoms with Crippen molar-refractivity contribution in [2.45, 2.75) is 18.7 Å². The second-order valence-electron chi connectivity index (χ2n) is 6.62. The maximum absolute atomic E-state index is 12.3. The molecule has 0 saturated carbocycles. The Bertz CT molecular complexity index is 827. The maximum Gasteiger partial charge on any atom is 0.339 e. The van der Waals surface area contributed by atoms with E-state index in [4.69, 9.17) is 4.74 Å². The molecule has 2 aromatic carbocycles. The van der Waals surface area contributed by atoms with Gasteiger partial charge in [0.1, 0.15) is 11.3 Å². The van der Waals surface area contributed by atoms with Crippen LogP contribution >= 0.6 is 7.37 Å². The number of benzene rings is 2. The molecule has 8 heteroatoms. The summed E-state index contributed by atoms with van der Waals surface area (Å²) in [5.41, 5.74) is 1.68. The van der Waals surface area contributed by atoms with Crippen LogP contribution in [0.4, 0.5) is 0 Å². The van der Waals surface area contributed by atoms with Crippen molar-refractivity contribution in [3.05, 3.63) is 65.2 Å². The van der Waals surface area contributed by atoms with E-state index in [-0.39, 0.29) is 24.4 Å². The molecule has 0 spiro atoms. The number of aliphatic hydroxyl groups excluding tert-OH is 1. The zero-order valence-electron chi connectivity index (χ0n) is 15.7. The molecular weight excluding hydrogens is 381 g/mol. The molecule has 4 N–H and O–H groups in total. The van der Waals surface area contributed by atoms with Crippen LogP contribution in [0, 0.1) is 0 Å². The zero-order chi connectivity index (χ0) is 20.6. The van der Waals surface area contributed by atoms with Crippen LogP contribution in [0.1, 0.15) is 21.5 Å². The highest BCUT2D eigenvalue weighted by Gasteiger charge is 2.23. The van der Waals surface area contributed by atoms with E-state index in [0.717, 1.165) is 11.1 Å². The highest BCUT2D eigenvalue weighted by atomic mass is 31.2. The molecule has 2 rings (SSSR count). The Labute approximate surface area is 164 Å². The number of nitrogens with one attached hydrogen (secondary N) is 1. The second kappa shape index (κ2) is 10.4. The molecule has 1 unspecified atom stereocenters. The zero-order valence-corrected chi connectivity index (χ0v) is 16.6. The van der Waals surface area contributed by atoms with Gasteiger partial charge in [-0.1, -0.05) is 36.4 Å². The summed E-state index contributed by atoms with van der Waals surface area (Å²) in [6.45, 7) is 0.679. The van der Waals surface area contributed by atoms with Crippen molar-refractivity contribution in [3.63, 3.8) is 0 Å². The maximum atomic E-state index is 12.3. The first-order chi connectivity index (χ1) is 13.3. The molecule has 0 bridgehead atoms. The number of carbonyl (C=O) groups is 1. The largest absolute Gasteiger partial charge is 0.496 e. The van der Waals surface area contributed by atoms with Gasteiger partial charge in [-0.15, -0.1) is 0 Å². The molecule has 152 valence electrons. The van der Waals surface area contributed by atoms with Gasteiger partial charge >= 0.3 is 5.97 Å². The van der Waals surface area contributed by atoms with E-state index in [9.17, 15) is 24.5 Å². The molecule has 0 saturated heterocycles. The quantitative estimate of drug-likeness (QED) is 0.334. The van der Waals surface area contributed by atoms with E-state index >= 15 is 0 Å². The van der Waals surface area contributed by atoms with Gasteiger partial charge in [0.15, 0.2) is 0 Å². The third kappa shape index (κ3) is 7.09. The second-order valence-corrected chi connectivity index (χ2v) is 8.99. The van der Waals surface area contributed by atoms with Crippen LogP contribution < -0.4 is 10.1 Å². The molecule has 2 atom stereocenters. The summed E-state index contributed by atoms with van der Waals surface area (Å²) in [5, 5.41) is 22.3. The van der Waals surface area contributed by atoms with E-state index in [1.54, 1.807) is 30.3 Å². The Morgan fingerprint density at radius 2 is 1.89 bits per heavy atom. The minimum absolute atomic E-state index is 0.0364. The van der Waals surface area contributed by atoms with Crippen molar-refractivity contribution in [3.8, 4) is 5.75 Å². The normalized spacial score (nSPS) is 14.2. The molecule has 0 aliphatic heterocycles. The first kappa shape index (κ1) is 22.1. The van der Waals surface area contributed by atoms with Gasteiger partial charge in [0.2, 0.25) is 7.37 Å². The van der Waals surface area contributed by atoms with Gasteiger partial charge in [-0.2, -0.15) is 0 Å². The molecule has 0 radical (unpaired) electrons. The molecule has 2 aromatic rings. The van der Waals surface area contributed by atoms with Crippen LogP contribution in [-0.4, -0.2) is 53.5 Å². The summed E-state index contributed by atoms with van der Waals surface area (Å²) in [5.74, 6) is -0.754. The summed E-state index contributed by atoms with van der Waals surface area (Å²) in [6, 6.07) is 14.0. The van der Waals surface area contributed by atoms with Crippen molar-refractivity contribution in [2.75, 3.05) is 26.4 Å². The molecule has 0 heterocycles. The Morgan fingerprint density at radius 3 is 2.54 bits per heavy atom. The van der Waals surface area contributed by atoms with Gasteiger partial charge in [0, 0.05) is 12.7 Å². The van der Waals surface area contributed by atoms with Crippen molar-refractivity contribution >= 4 is 13.3 Å². The molecule has 0 amide bonds. The number of ether oxygens (including phenoxy) is 1. The average Bonchev–Trinajstić information content (AvgIpc) is 2.65. The third-order valence-electron chi connectivity index (χ3n) is 4.23. The number of carboxylic acid groups (broad SMARTS) is 1. The van der Waals surface area contributed by atoms with Crippen LogP contribution in [0.25, 0.3) is 0 Å². The lowest BCUT2D eigenvalue weighted by Crippen LogP contribution is -2.31. The van der Waals surface area contributed by atoms with Crippen molar-refractivity contribution in [1.82, 2.24) is 5.32 Å². The summed E-state index contributed by atoms with van der Waals surface area (Å²) in [4.78, 5) is 21.3. The van der Waals surface area contributed by atoms with Crippen molar-refractivity contribution in [2.24, 2.45) is 0 Å². The highest BCUT2D eigenvalue weighted by Crippen LogP contribution is 2.44. The van der Waals surface area contributed by atoms with Gasteiger partial charge < -0.3 is 25.2 Å². The topological polar surface area (TPSA) is 116 Å². The number of hydrogen-bond donors (Lipinski definition) is 4. The number of carboxylic acids is 1. The number of aromatic carboxylic acids is 1. The lowest BCUT2D eigenvalue weighted by atomic mass is 10.1. The van der Waals surface area contributed by atoms with E-state index < -0.39 is 19.4 Å². The minimum Gasteiger partial charge on any atom is -0.496 e. The Hall–Kier alpha value is -2.18. The van der Waals surface area contributed by atoms with Gasteiger partial charge in [-0.25, -0.2) is 4.79 Å². The van der Waals surface area contributed by atoms with Crippen LogP contribution in [0.2, 0.25) is 0 Å². The predicted molar refractivity (Wildman–Crippen MR) is 107 cm³/mol. The number of hydrogen-bond acceptors (Lipinski definition) is 5. The van der Waals surface area contributed by atoms with Crippen LogP contribution in [0.15, 0.2) is 48.5 Å². The molecule has 0 aliphatic carbocycles. The van der Waals surface area contributed by atoms with Gasteiger partial charge in [-0.3, -0.25) is 4.57 Å². The summed E-state index contributed by atoms with van der Waals surface area (Å²) < 4.78 is 17.3. The Morgan fingerprint density at radius 1 is 1.18 bits per heavy atom. The number of rotatable bonds is 11. The van der Waals surface area contributed by atoms with Crippen LogP contribution in [0.3, 0.4) is 0 Å². The van der Waals surface area contributed by atoms with Crippen molar-refractivity contribution < 1.29 is 29.2 Å². The van der Waals surface area contributed by atoms with E-state index in [0.29, 0.717) is 18.7 Å². The van der Waals surface area contributed by atoms with Crippen LogP contribution in [-0.2, 0) is 17.1 Å². The van der Waals surface area contributed by atoms with Gasteiger partial charge in [0.25, 0.3) is 0 Å². The first-order valence-electron chi connectivity index (χ1n) is 8.94. The molecule has 0 aliphatic rings. The molecule has 0 aromatic heterocycles. The van der Waals surface area contributed by atoms with Gasteiger partial charge in [-0.05, 0) is 36.2 Å². The van der Waals surface area contributed by atoms with Crippen LogP contribution in [0.5, 0.6) is 5.75 Å². The summed E-state index contributed by atoms with van der Waals surface area (Å²) in [6.07, 6.45) is -0.530. The number of methoxy groups -OCH3 is 1. The first-order valence-corrected chi connectivity index (χ1v) is 11.0. The molecular formula is C20H26NO6P. The third-order valence-corrected chi connectivity index (χ3v) is 6.08. The summed E-state index contributed by atoms with van der Waals surface area (Å²) in [7, 11) is -2.05. The lowest BCUT2D eigenvalue weighted by molar-refractivity contribution is 0.0693. The Balaban J connectivity index is 1.78. The standard InChI is InChI=1S/C20H26NO6P/c1-27-19-8-7-15(11-18(19)20(23)24)9-10-21-12-17(22)14-28(25,26)13-16-5-3-2-4-6-16/h2-8,11,17,21-22H,9-10,12-14H2,1H3,(H,23,24)(H,25,26)/t17-/m1/s1. The smallest absolute Gasteiger partial charge is 0.339 e. The minimum atomic E-state index is -3.47. The molecule has 7 nitrogen and oxygen atoms in total. The lowest BCUT2D eigenvalue weighted by Gasteiger charge is -2.17. The van der Waals surface area contributed by atoms with Crippen molar-refractivity contribution in [1.29, 1.82) is 0 Å². The fourth-order valence-corrected chi connectivity index (χ4v) is 4.60. The fraction of sp³-hybridized carbons (Fsp3) is 0.350. The molecule has 0 fully saturated rings. The average molecular weight is 407 g/mol. The Kier molecular flexibility index (Phi) is 8.20.